The highest BCUT2D eigenvalue weighted by atomic mass is 16.6. The summed E-state index contributed by atoms with van der Waals surface area (Å²) in [6.45, 7) is 8.30. The zero-order chi connectivity index (χ0) is 30.4. The molecule has 2 saturated heterocycles. The number of anilines is 1. The minimum absolute atomic E-state index is 0.0123. The van der Waals surface area contributed by atoms with Gasteiger partial charge in [0.05, 0.1) is 5.69 Å². The van der Waals surface area contributed by atoms with Gasteiger partial charge in [-0.05, 0) is 95.4 Å². The minimum atomic E-state index is -0.501. The van der Waals surface area contributed by atoms with Crippen LogP contribution in [0.4, 0.5) is 10.5 Å². The topological polar surface area (TPSA) is 100 Å². The van der Waals surface area contributed by atoms with Crippen LogP contribution in [0.3, 0.4) is 0 Å². The zero-order valence-electron chi connectivity index (χ0n) is 25.8. The number of alkyl carbamates (subject to hydrolysis) is 1. The number of fused-ring (bicyclic) bond motifs is 3. The Morgan fingerprint density at radius 3 is 2.33 bits per heavy atom. The first-order valence-corrected chi connectivity index (χ1v) is 15.8. The van der Waals surface area contributed by atoms with Crippen LogP contribution in [0.5, 0.6) is 5.75 Å². The number of nitrogens with one attached hydrogen (secondary N) is 2. The van der Waals surface area contributed by atoms with Crippen molar-refractivity contribution < 1.29 is 23.9 Å². The third-order valence-electron chi connectivity index (χ3n) is 8.73. The number of nitrogens with zero attached hydrogens (tertiary/aromatic N) is 2. The van der Waals surface area contributed by atoms with Gasteiger partial charge in [0.1, 0.15) is 11.4 Å². The van der Waals surface area contributed by atoms with Crippen molar-refractivity contribution in [2.45, 2.75) is 89.3 Å². The summed E-state index contributed by atoms with van der Waals surface area (Å²) in [5.41, 5.74) is 2.29. The van der Waals surface area contributed by atoms with Crippen LogP contribution in [0.15, 0.2) is 48.5 Å². The first kappa shape index (κ1) is 30.9. The second kappa shape index (κ2) is 13.8. The molecule has 2 bridgehead atoms. The molecule has 3 atom stereocenters. The number of unbranched alkanes of at least 4 members (excludes halogenated alkanes) is 2. The van der Waals surface area contributed by atoms with Crippen LogP contribution in [0, 0.1) is 0 Å². The molecule has 2 aromatic carbocycles. The van der Waals surface area contributed by atoms with Gasteiger partial charge < -0.3 is 25.0 Å². The molecule has 0 aromatic heterocycles. The Balaban J connectivity index is 1.09. The quantitative estimate of drug-likeness (QED) is 0.347. The average molecular weight is 591 g/mol. The van der Waals surface area contributed by atoms with E-state index in [1.165, 1.54) is 0 Å². The molecule has 232 valence electrons. The molecule has 43 heavy (non-hydrogen) atoms. The first-order chi connectivity index (χ1) is 20.7. The van der Waals surface area contributed by atoms with E-state index in [4.69, 9.17) is 9.47 Å². The Kier molecular flexibility index (Phi) is 9.90. The van der Waals surface area contributed by atoms with E-state index in [0.29, 0.717) is 37.6 Å². The number of benzene rings is 2. The maximum Gasteiger partial charge on any atom is 0.407 e. The predicted molar refractivity (Wildman–Crippen MR) is 167 cm³/mol. The van der Waals surface area contributed by atoms with E-state index in [2.05, 4.69) is 21.6 Å². The summed E-state index contributed by atoms with van der Waals surface area (Å²) in [6.07, 6.45) is 6.56. The maximum absolute atomic E-state index is 13.2. The summed E-state index contributed by atoms with van der Waals surface area (Å²) in [4.78, 5) is 42.1. The minimum Gasteiger partial charge on any atom is -0.482 e. The van der Waals surface area contributed by atoms with Gasteiger partial charge in [-0.2, -0.15) is 0 Å². The summed E-state index contributed by atoms with van der Waals surface area (Å²) in [6, 6.07) is 16.7. The molecular formula is C34H46N4O5. The van der Waals surface area contributed by atoms with Gasteiger partial charge >= 0.3 is 6.09 Å². The van der Waals surface area contributed by atoms with Crippen LogP contribution >= 0.6 is 0 Å². The van der Waals surface area contributed by atoms with Crippen LogP contribution in [0.2, 0.25) is 0 Å². The second-order valence-corrected chi connectivity index (χ2v) is 12.9. The maximum atomic E-state index is 13.2. The van der Waals surface area contributed by atoms with Gasteiger partial charge in [0.15, 0.2) is 6.61 Å². The highest BCUT2D eigenvalue weighted by molar-refractivity contribution is 5.98. The summed E-state index contributed by atoms with van der Waals surface area (Å²) < 4.78 is 10.9. The lowest BCUT2D eigenvalue weighted by Crippen LogP contribution is -2.48. The van der Waals surface area contributed by atoms with Crippen LogP contribution < -0.4 is 20.3 Å². The smallest absolute Gasteiger partial charge is 0.407 e. The average Bonchev–Trinajstić information content (AvgIpc) is 3.21. The molecule has 3 amide bonds. The molecular weight excluding hydrogens is 544 g/mol. The summed E-state index contributed by atoms with van der Waals surface area (Å²) in [5.74, 6) is 1.12. The Morgan fingerprint density at radius 1 is 0.907 bits per heavy atom. The number of carbonyl (C=O) groups excluding carboxylic acids is 3. The summed E-state index contributed by atoms with van der Waals surface area (Å²) in [5, 5.41) is 5.90. The van der Waals surface area contributed by atoms with Crippen molar-refractivity contribution in [3.05, 3.63) is 59.7 Å². The van der Waals surface area contributed by atoms with Crippen molar-refractivity contribution in [2.24, 2.45) is 0 Å². The van der Waals surface area contributed by atoms with Gasteiger partial charge in [-0.15, -0.1) is 0 Å². The van der Waals surface area contributed by atoms with E-state index in [1.807, 2.05) is 68.1 Å². The highest BCUT2D eigenvalue weighted by Crippen LogP contribution is 2.44. The van der Waals surface area contributed by atoms with Crippen molar-refractivity contribution in [3.8, 4) is 5.75 Å². The van der Waals surface area contributed by atoms with Crippen LogP contribution in [-0.2, 0) is 9.53 Å². The molecule has 2 aromatic rings. The number of hydrogen-bond acceptors (Lipinski definition) is 6. The van der Waals surface area contributed by atoms with Gasteiger partial charge in [-0.25, -0.2) is 4.79 Å². The SMILES string of the molecule is CC(C)(C)OC(=O)NCCCCCNC(=O)c1ccccc1C1C[C@H]2CC[C@@H](C1)N2CCN1C(=O)COc2ccccc21. The molecule has 0 radical (unpaired) electrons. The van der Waals surface area contributed by atoms with Gasteiger partial charge in [-0.3, -0.25) is 14.5 Å². The van der Waals surface area contributed by atoms with E-state index < -0.39 is 11.7 Å². The number of rotatable bonds is 11. The fourth-order valence-corrected chi connectivity index (χ4v) is 6.80. The number of piperidine rings is 1. The fourth-order valence-electron chi connectivity index (χ4n) is 6.80. The first-order valence-electron chi connectivity index (χ1n) is 15.8. The van der Waals surface area contributed by atoms with Crippen molar-refractivity contribution in [3.63, 3.8) is 0 Å². The number of carbonyl (C=O) groups is 3. The molecule has 1 unspecified atom stereocenters. The normalized spacial score (nSPS) is 21.6. The summed E-state index contributed by atoms with van der Waals surface area (Å²) >= 11 is 0. The Bertz CT molecular complexity index is 1280. The summed E-state index contributed by atoms with van der Waals surface area (Å²) in [7, 11) is 0. The zero-order valence-corrected chi connectivity index (χ0v) is 25.8. The molecule has 3 heterocycles. The van der Waals surface area contributed by atoms with Crippen LogP contribution in [-0.4, -0.2) is 73.3 Å². The van der Waals surface area contributed by atoms with E-state index >= 15 is 0 Å². The molecule has 2 fully saturated rings. The van der Waals surface area contributed by atoms with E-state index in [0.717, 1.165) is 74.1 Å². The molecule has 2 N–H and O–H groups in total. The van der Waals surface area contributed by atoms with Crippen LogP contribution in [0.1, 0.15) is 87.6 Å². The van der Waals surface area contributed by atoms with Crippen molar-refractivity contribution in [1.29, 1.82) is 0 Å². The van der Waals surface area contributed by atoms with E-state index in [1.54, 1.807) is 0 Å². The molecule has 0 aliphatic carbocycles. The number of ether oxygens (including phenoxy) is 2. The largest absolute Gasteiger partial charge is 0.482 e. The van der Waals surface area contributed by atoms with E-state index in [-0.39, 0.29) is 18.4 Å². The lowest BCUT2D eigenvalue weighted by atomic mass is 9.82. The Morgan fingerprint density at radius 2 is 1.58 bits per heavy atom. The molecule has 9 heteroatoms. The lowest BCUT2D eigenvalue weighted by Gasteiger charge is -2.41. The van der Waals surface area contributed by atoms with Crippen molar-refractivity contribution >= 4 is 23.6 Å². The molecule has 0 spiro atoms. The molecule has 3 aliphatic heterocycles. The Labute approximate surface area is 255 Å². The van der Waals surface area contributed by atoms with Gasteiger partial charge in [0.25, 0.3) is 11.8 Å². The van der Waals surface area contributed by atoms with Gasteiger partial charge in [-0.1, -0.05) is 30.3 Å². The lowest BCUT2D eigenvalue weighted by molar-refractivity contribution is -0.121. The molecule has 3 aliphatic rings. The molecule has 5 rings (SSSR count). The van der Waals surface area contributed by atoms with E-state index in [9.17, 15) is 14.4 Å². The highest BCUT2D eigenvalue weighted by Gasteiger charge is 2.42. The van der Waals surface area contributed by atoms with Crippen molar-refractivity contribution in [2.75, 3.05) is 37.7 Å². The van der Waals surface area contributed by atoms with Gasteiger partial charge in [0, 0.05) is 43.8 Å². The monoisotopic (exact) mass is 590 g/mol. The van der Waals surface area contributed by atoms with Crippen LogP contribution in [0.25, 0.3) is 0 Å². The predicted octanol–water partition coefficient (Wildman–Crippen LogP) is 5.25. The third-order valence-corrected chi connectivity index (χ3v) is 8.73. The number of para-hydroxylation sites is 2. The molecule has 9 nitrogen and oxygen atoms in total. The second-order valence-electron chi connectivity index (χ2n) is 12.9. The fraction of sp³-hybridized carbons (Fsp3) is 0.559. The number of amides is 3. The molecule has 0 saturated carbocycles. The Hall–Kier alpha value is -3.59. The van der Waals surface area contributed by atoms with Gasteiger partial charge in [0.2, 0.25) is 0 Å². The van der Waals surface area contributed by atoms with Crippen molar-refractivity contribution in [1.82, 2.24) is 15.5 Å². The standard InChI is InChI=1S/C34H46N4O5/c1-34(2,3)43-33(41)36-18-10-4-9-17-35-32(40)28-12-6-5-11-27(28)24-21-25-15-16-26(22-24)37(25)19-20-38-29-13-7-8-14-30(29)42-23-31(38)39/h5-8,11-14,24-26H,4,9-10,15-23H2,1-3H3,(H,35,40)(H,36,41)/t24?,25-,26+. The third kappa shape index (κ3) is 7.88. The number of hydrogen-bond donors (Lipinski definition) is 2.